The van der Waals surface area contributed by atoms with Crippen molar-refractivity contribution in [3.63, 3.8) is 0 Å². The predicted octanol–water partition coefficient (Wildman–Crippen LogP) is 6.06. The highest BCUT2D eigenvalue weighted by molar-refractivity contribution is 7.19. The first-order chi connectivity index (χ1) is 13.6. The van der Waals surface area contributed by atoms with Gasteiger partial charge in [-0.25, -0.2) is 4.98 Å². The van der Waals surface area contributed by atoms with Crippen LogP contribution in [0.2, 0.25) is 0 Å². The average Bonchev–Trinajstić information content (AvgIpc) is 3.45. The highest BCUT2D eigenvalue weighted by Gasteiger charge is 2.15. The van der Waals surface area contributed by atoms with Gasteiger partial charge in [-0.3, -0.25) is 4.79 Å². The number of carbonyl (C=O) groups is 1. The summed E-state index contributed by atoms with van der Waals surface area (Å²) in [6.07, 6.45) is 3.19. The van der Waals surface area contributed by atoms with E-state index in [1.54, 1.807) is 19.4 Å². The first kappa shape index (κ1) is 19.9. The third-order valence-corrected chi connectivity index (χ3v) is 5.74. The maximum atomic E-state index is 12.3. The van der Waals surface area contributed by atoms with E-state index in [-0.39, 0.29) is 7.33 Å². The fraction of sp³-hybridized carbons (Fsp3) is 0.200. The van der Waals surface area contributed by atoms with Gasteiger partial charge in [0.2, 0.25) is 5.89 Å². The van der Waals surface area contributed by atoms with Gasteiger partial charge in [-0.1, -0.05) is 24.4 Å². The number of amides is 1. The number of nitrogens with one attached hydrogen (secondary N) is 1. The van der Waals surface area contributed by atoms with Crippen molar-refractivity contribution in [3.05, 3.63) is 58.9 Å². The van der Waals surface area contributed by atoms with Crippen LogP contribution in [-0.2, 0) is 0 Å². The molecular formula is C20H22N4O2S2. The van der Waals surface area contributed by atoms with E-state index in [4.69, 9.17) is 4.42 Å². The zero-order chi connectivity index (χ0) is 20.1. The van der Waals surface area contributed by atoms with Crippen LogP contribution in [0.3, 0.4) is 0 Å². The molecule has 4 rings (SSSR count). The fourth-order valence-corrected chi connectivity index (χ4v) is 4.08. The van der Waals surface area contributed by atoms with Gasteiger partial charge in [-0.05, 0) is 60.8 Å². The lowest BCUT2D eigenvalue weighted by atomic mass is 10.0. The van der Waals surface area contributed by atoms with E-state index in [1.165, 1.54) is 11.3 Å². The Hall–Kier alpha value is -2.84. The summed E-state index contributed by atoms with van der Waals surface area (Å²) in [5, 5.41) is 7.57. The molecule has 3 aromatic heterocycles. The SMILES string of the molecule is CC.Cc1ccc(-c2ncco2)cc1-c1ccc(NC(=O)c2snnc2C)s1.[HH]. The number of carbonyl (C=O) groups excluding carboxylic acids is 1. The van der Waals surface area contributed by atoms with Crippen LogP contribution in [0.1, 0.15) is 36.2 Å². The Kier molecular flexibility index (Phi) is 6.33. The van der Waals surface area contributed by atoms with Crippen molar-refractivity contribution in [3.8, 4) is 21.9 Å². The van der Waals surface area contributed by atoms with Crippen molar-refractivity contribution in [1.29, 1.82) is 0 Å². The first-order valence-electron chi connectivity index (χ1n) is 8.83. The Bertz CT molecular complexity index is 1070. The van der Waals surface area contributed by atoms with Gasteiger partial charge in [0.15, 0.2) is 0 Å². The summed E-state index contributed by atoms with van der Waals surface area (Å²) in [5.74, 6) is 0.403. The lowest BCUT2D eigenvalue weighted by Gasteiger charge is -2.05. The topological polar surface area (TPSA) is 80.9 Å². The van der Waals surface area contributed by atoms with Crippen LogP contribution < -0.4 is 5.32 Å². The van der Waals surface area contributed by atoms with E-state index >= 15 is 0 Å². The lowest BCUT2D eigenvalue weighted by molar-refractivity contribution is 0.103. The molecule has 0 spiro atoms. The Morgan fingerprint density at radius 3 is 2.68 bits per heavy atom. The molecular weight excluding hydrogens is 392 g/mol. The zero-order valence-electron chi connectivity index (χ0n) is 16.0. The van der Waals surface area contributed by atoms with Gasteiger partial charge in [0, 0.05) is 11.9 Å². The second-order valence-electron chi connectivity index (χ2n) is 5.67. The van der Waals surface area contributed by atoms with Crippen LogP contribution in [0, 0.1) is 13.8 Å². The number of benzene rings is 1. The third kappa shape index (κ3) is 4.18. The van der Waals surface area contributed by atoms with Crippen molar-refractivity contribution in [2.24, 2.45) is 0 Å². The van der Waals surface area contributed by atoms with Crippen LogP contribution in [0.25, 0.3) is 21.9 Å². The average molecular weight is 415 g/mol. The maximum Gasteiger partial charge on any atom is 0.269 e. The molecule has 0 radical (unpaired) electrons. The Morgan fingerprint density at radius 2 is 2.00 bits per heavy atom. The number of nitrogens with zero attached hydrogens (tertiary/aromatic N) is 3. The summed E-state index contributed by atoms with van der Waals surface area (Å²) in [6, 6.07) is 9.98. The molecule has 1 N–H and O–H groups in total. The third-order valence-electron chi connectivity index (χ3n) is 3.88. The second-order valence-corrected chi connectivity index (χ2v) is 7.51. The minimum absolute atomic E-state index is 0. The van der Waals surface area contributed by atoms with Gasteiger partial charge in [0.1, 0.15) is 11.1 Å². The normalized spacial score (nSPS) is 10.3. The van der Waals surface area contributed by atoms with Gasteiger partial charge in [-0.15, -0.1) is 16.4 Å². The summed E-state index contributed by atoms with van der Waals surface area (Å²) in [4.78, 5) is 18.1. The number of rotatable bonds is 4. The molecule has 0 aliphatic rings. The van der Waals surface area contributed by atoms with Gasteiger partial charge in [-0.2, -0.15) is 0 Å². The van der Waals surface area contributed by atoms with E-state index in [0.717, 1.165) is 38.1 Å². The van der Waals surface area contributed by atoms with Gasteiger partial charge in [0.05, 0.1) is 16.9 Å². The van der Waals surface area contributed by atoms with E-state index in [9.17, 15) is 4.79 Å². The molecule has 0 saturated heterocycles. The number of aryl methyl sites for hydroxylation is 2. The number of oxazole rings is 1. The molecule has 146 valence electrons. The molecule has 6 nitrogen and oxygen atoms in total. The Labute approximate surface area is 172 Å². The number of thiophene rings is 1. The number of anilines is 1. The number of hydrogen-bond acceptors (Lipinski definition) is 7. The highest BCUT2D eigenvalue weighted by atomic mass is 32.1. The van der Waals surface area contributed by atoms with Crippen molar-refractivity contribution in [2.45, 2.75) is 27.7 Å². The highest BCUT2D eigenvalue weighted by Crippen LogP contribution is 2.35. The quantitative estimate of drug-likeness (QED) is 0.439. The summed E-state index contributed by atoms with van der Waals surface area (Å²) >= 11 is 2.62. The largest absolute Gasteiger partial charge is 0.445 e. The van der Waals surface area contributed by atoms with E-state index in [1.807, 2.05) is 38.1 Å². The van der Waals surface area contributed by atoms with E-state index in [2.05, 4.69) is 32.9 Å². The van der Waals surface area contributed by atoms with Crippen molar-refractivity contribution in [1.82, 2.24) is 14.6 Å². The minimum Gasteiger partial charge on any atom is -0.445 e. The Morgan fingerprint density at radius 1 is 1.18 bits per heavy atom. The summed E-state index contributed by atoms with van der Waals surface area (Å²) < 4.78 is 9.19. The van der Waals surface area contributed by atoms with E-state index < -0.39 is 0 Å². The summed E-state index contributed by atoms with van der Waals surface area (Å²) in [5.41, 5.74) is 3.78. The molecule has 0 atom stereocenters. The zero-order valence-corrected chi connectivity index (χ0v) is 17.6. The molecule has 0 bridgehead atoms. The molecule has 8 heteroatoms. The van der Waals surface area contributed by atoms with Gasteiger partial charge >= 0.3 is 0 Å². The molecule has 0 saturated carbocycles. The van der Waals surface area contributed by atoms with Crippen LogP contribution >= 0.6 is 22.9 Å². The number of aromatic nitrogens is 3. The monoisotopic (exact) mass is 414 g/mol. The van der Waals surface area contributed by atoms with Gasteiger partial charge < -0.3 is 9.73 Å². The summed E-state index contributed by atoms with van der Waals surface area (Å²) in [7, 11) is 0. The molecule has 0 fully saturated rings. The minimum atomic E-state index is -0.184. The Balaban J connectivity index is 0.000000970. The van der Waals surface area contributed by atoms with Crippen molar-refractivity contribution < 1.29 is 10.6 Å². The molecule has 0 aliphatic heterocycles. The smallest absolute Gasteiger partial charge is 0.269 e. The molecule has 3 heterocycles. The lowest BCUT2D eigenvalue weighted by Crippen LogP contribution is -2.10. The summed E-state index contributed by atoms with van der Waals surface area (Å²) in [6.45, 7) is 7.83. The first-order valence-corrected chi connectivity index (χ1v) is 10.4. The second kappa shape index (κ2) is 8.90. The van der Waals surface area contributed by atoms with Crippen LogP contribution in [0.4, 0.5) is 5.00 Å². The van der Waals surface area contributed by atoms with Crippen molar-refractivity contribution in [2.75, 3.05) is 5.32 Å². The van der Waals surface area contributed by atoms with E-state index in [0.29, 0.717) is 16.5 Å². The standard InChI is InChI=1S/C18H14N4O2S2.C2H6.H2/c1-10-3-4-12(18-19-7-8-24-18)9-13(10)14-5-6-15(25-14)20-17(23)16-11(2)21-22-26-16;1-2;/h3-9H,1-2H3,(H,20,23);1-2H3;1H. The molecule has 4 aromatic rings. The van der Waals surface area contributed by atoms with Crippen LogP contribution in [0.15, 0.2) is 47.2 Å². The van der Waals surface area contributed by atoms with Crippen LogP contribution in [0.5, 0.6) is 0 Å². The van der Waals surface area contributed by atoms with Crippen molar-refractivity contribution >= 4 is 33.8 Å². The maximum absolute atomic E-state index is 12.3. The van der Waals surface area contributed by atoms with Crippen LogP contribution in [-0.4, -0.2) is 20.5 Å². The molecule has 28 heavy (non-hydrogen) atoms. The number of hydrogen-bond donors (Lipinski definition) is 1. The predicted molar refractivity (Wildman–Crippen MR) is 116 cm³/mol. The molecule has 0 aliphatic carbocycles. The molecule has 1 amide bonds. The fourth-order valence-electron chi connectivity index (χ4n) is 2.54. The van der Waals surface area contributed by atoms with Gasteiger partial charge in [0.25, 0.3) is 5.91 Å². The molecule has 1 aromatic carbocycles. The molecule has 0 unspecified atom stereocenters.